The fraction of sp³-hybridized carbons (Fsp3) is 0.727. The van der Waals surface area contributed by atoms with Gasteiger partial charge in [0, 0.05) is 50.8 Å². The maximum atomic E-state index is 12.1. The molecule has 0 spiro atoms. The normalized spacial score (nSPS) is 15.1. The van der Waals surface area contributed by atoms with Crippen LogP contribution in [-0.2, 0) is 14.8 Å². The first-order chi connectivity index (χ1) is 15.4. The molecule has 0 saturated carbocycles. The van der Waals surface area contributed by atoms with E-state index >= 15 is 0 Å². The zero-order valence-corrected chi connectivity index (χ0v) is 20.9. The van der Waals surface area contributed by atoms with Crippen molar-refractivity contribution in [1.82, 2.24) is 19.5 Å². The number of rotatable bonds is 15. The lowest BCUT2D eigenvalue weighted by molar-refractivity contribution is 0.0369. The first-order valence-corrected chi connectivity index (χ1v) is 13.9. The van der Waals surface area contributed by atoms with Gasteiger partial charge in [0.25, 0.3) is 0 Å². The van der Waals surface area contributed by atoms with Gasteiger partial charge in [0.05, 0.1) is 19.5 Å². The lowest BCUT2D eigenvalue weighted by Gasteiger charge is -2.27. The number of thiocarbonyl (C=S) groups is 1. The van der Waals surface area contributed by atoms with Gasteiger partial charge in [0.15, 0.2) is 5.11 Å². The smallest absolute Gasteiger partial charge is 0.211 e. The van der Waals surface area contributed by atoms with Crippen molar-refractivity contribution in [1.29, 1.82) is 0 Å². The summed E-state index contributed by atoms with van der Waals surface area (Å²) in [5.41, 5.74) is 0.932. The van der Waals surface area contributed by atoms with Crippen molar-refractivity contribution in [3.8, 4) is 0 Å². The van der Waals surface area contributed by atoms with Gasteiger partial charge >= 0.3 is 0 Å². The second kappa shape index (κ2) is 15.5. The summed E-state index contributed by atoms with van der Waals surface area (Å²) in [5.74, 6) is 0. The van der Waals surface area contributed by atoms with Crippen LogP contribution in [0.3, 0.4) is 0 Å². The van der Waals surface area contributed by atoms with Crippen LogP contribution >= 0.6 is 12.2 Å². The Labute approximate surface area is 199 Å². The van der Waals surface area contributed by atoms with Crippen molar-refractivity contribution in [2.75, 3.05) is 64.1 Å². The summed E-state index contributed by atoms with van der Waals surface area (Å²) >= 11 is 5.29. The molecule has 0 aromatic carbocycles. The maximum Gasteiger partial charge on any atom is 0.211 e. The van der Waals surface area contributed by atoms with Crippen LogP contribution in [-0.4, -0.2) is 86.5 Å². The first kappa shape index (κ1) is 26.9. The lowest BCUT2D eigenvalue weighted by atomic mass is 10.1. The maximum absolute atomic E-state index is 12.1. The Morgan fingerprint density at radius 3 is 2.38 bits per heavy atom. The van der Waals surface area contributed by atoms with E-state index in [1.807, 2.05) is 12.1 Å². The molecule has 0 unspecified atom stereocenters. The highest BCUT2D eigenvalue weighted by molar-refractivity contribution is 7.88. The van der Waals surface area contributed by atoms with E-state index < -0.39 is 10.0 Å². The van der Waals surface area contributed by atoms with Crippen molar-refractivity contribution >= 4 is 33.0 Å². The highest BCUT2D eigenvalue weighted by atomic mass is 32.2. The molecular weight excluding hydrogens is 446 g/mol. The van der Waals surface area contributed by atoms with E-state index in [1.54, 1.807) is 16.7 Å². The third kappa shape index (κ3) is 12.1. The SMILES string of the molecule is CS(=O)(=O)N(CCCCCCCCNC(=S)Nc1ccncc1)CCCN1CCOCC1. The van der Waals surface area contributed by atoms with Crippen molar-refractivity contribution in [2.24, 2.45) is 0 Å². The van der Waals surface area contributed by atoms with Crippen LogP contribution in [0.1, 0.15) is 44.9 Å². The zero-order chi connectivity index (χ0) is 23.1. The molecule has 1 aliphatic heterocycles. The molecule has 0 radical (unpaired) electrons. The summed E-state index contributed by atoms with van der Waals surface area (Å²) in [5, 5.41) is 6.99. The van der Waals surface area contributed by atoms with Crippen molar-refractivity contribution in [3.63, 3.8) is 0 Å². The minimum absolute atomic E-state index is 0.606. The number of anilines is 1. The number of nitrogens with zero attached hydrogens (tertiary/aromatic N) is 3. The fourth-order valence-electron chi connectivity index (χ4n) is 3.67. The number of hydrogen-bond acceptors (Lipinski definition) is 6. The van der Waals surface area contributed by atoms with Gasteiger partial charge in [-0.3, -0.25) is 9.88 Å². The quantitative estimate of drug-likeness (QED) is 0.290. The Morgan fingerprint density at radius 2 is 1.69 bits per heavy atom. The van der Waals surface area contributed by atoms with Gasteiger partial charge in [-0.1, -0.05) is 25.7 Å². The van der Waals surface area contributed by atoms with Crippen LogP contribution in [0.15, 0.2) is 24.5 Å². The molecule has 1 saturated heterocycles. The van der Waals surface area contributed by atoms with Crippen LogP contribution in [0, 0.1) is 0 Å². The molecule has 2 rings (SSSR count). The Hall–Kier alpha value is -1.33. The second-order valence-corrected chi connectivity index (χ2v) is 10.6. The molecule has 2 heterocycles. The van der Waals surface area contributed by atoms with Crippen molar-refractivity contribution < 1.29 is 13.2 Å². The first-order valence-electron chi connectivity index (χ1n) is 11.7. The zero-order valence-electron chi connectivity index (χ0n) is 19.3. The average molecular weight is 486 g/mol. The molecule has 10 heteroatoms. The summed E-state index contributed by atoms with van der Waals surface area (Å²) in [6, 6.07) is 3.76. The predicted molar refractivity (Wildman–Crippen MR) is 134 cm³/mol. The molecule has 8 nitrogen and oxygen atoms in total. The Kier molecular flexibility index (Phi) is 13.0. The molecule has 0 atom stereocenters. The molecule has 0 amide bonds. The Morgan fingerprint density at radius 1 is 1.06 bits per heavy atom. The molecule has 32 heavy (non-hydrogen) atoms. The minimum atomic E-state index is -3.14. The van der Waals surface area contributed by atoms with E-state index in [4.69, 9.17) is 17.0 Å². The molecule has 0 bridgehead atoms. The van der Waals surface area contributed by atoms with Crippen LogP contribution in [0.25, 0.3) is 0 Å². The number of pyridine rings is 1. The van der Waals surface area contributed by atoms with Crippen LogP contribution in [0.4, 0.5) is 5.69 Å². The summed E-state index contributed by atoms with van der Waals surface area (Å²) in [6.45, 7) is 6.46. The predicted octanol–water partition coefficient (Wildman–Crippen LogP) is 2.69. The molecule has 1 aliphatic rings. The molecule has 1 aromatic heterocycles. The standard InChI is InChI=1S/C22H39N5O3S2/c1-32(28,29)27(16-8-14-26-17-19-30-20-18-26)15-7-5-3-2-4-6-11-24-22(31)25-21-9-12-23-13-10-21/h9-10,12-13H,2-8,11,14-20H2,1H3,(H2,23,24,25,31). The monoisotopic (exact) mass is 485 g/mol. The largest absolute Gasteiger partial charge is 0.379 e. The lowest BCUT2D eigenvalue weighted by Crippen LogP contribution is -2.39. The summed E-state index contributed by atoms with van der Waals surface area (Å²) < 4.78 is 31.2. The third-order valence-electron chi connectivity index (χ3n) is 5.51. The molecular formula is C22H39N5O3S2. The number of sulfonamides is 1. The van der Waals surface area contributed by atoms with Gasteiger partial charge < -0.3 is 15.4 Å². The average Bonchev–Trinajstić information content (AvgIpc) is 2.77. The number of aromatic nitrogens is 1. The topological polar surface area (TPSA) is 86.8 Å². The van der Waals surface area contributed by atoms with Gasteiger partial charge in [-0.25, -0.2) is 12.7 Å². The summed E-state index contributed by atoms with van der Waals surface area (Å²) in [7, 11) is -3.14. The van der Waals surface area contributed by atoms with Crippen molar-refractivity contribution in [3.05, 3.63) is 24.5 Å². The van der Waals surface area contributed by atoms with E-state index in [-0.39, 0.29) is 0 Å². The van der Waals surface area contributed by atoms with E-state index in [0.717, 1.165) is 90.0 Å². The highest BCUT2D eigenvalue weighted by Crippen LogP contribution is 2.09. The highest BCUT2D eigenvalue weighted by Gasteiger charge is 2.17. The van der Waals surface area contributed by atoms with E-state index in [2.05, 4.69) is 20.5 Å². The Balaban J connectivity index is 1.47. The number of nitrogens with one attached hydrogen (secondary N) is 2. The van der Waals surface area contributed by atoms with Gasteiger partial charge in [-0.05, 0) is 50.2 Å². The van der Waals surface area contributed by atoms with Gasteiger partial charge in [-0.15, -0.1) is 0 Å². The molecule has 0 aliphatic carbocycles. The van der Waals surface area contributed by atoms with Gasteiger partial charge in [0.2, 0.25) is 10.0 Å². The number of hydrogen-bond donors (Lipinski definition) is 2. The second-order valence-electron chi connectivity index (χ2n) is 8.21. The van der Waals surface area contributed by atoms with E-state index in [0.29, 0.717) is 18.2 Å². The van der Waals surface area contributed by atoms with E-state index in [1.165, 1.54) is 6.26 Å². The van der Waals surface area contributed by atoms with Crippen LogP contribution in [0.2, 0.25) is 0 Å². The number of ether oxygens (including phenoxy) is 1. The summed E-state index contributed by atoms with van der Waals surface area (Å²) in [4.78, 5) is 6.33. The number of unbranched alkanes of at least 4 members (excludes halogenated alkanes) is 5. The van der Waals surface area contributed by atoms with Crippen LogP contribution in [0.5, 0.6) is 0 Å². The molecule has 2 N–H and O–H groups in total. The molecule has 1 fully saturated rings. The Bertz CT molecular complexity index is 743. The van der Waals surface area contributed by atoms with Crippen molar-refractivity contribution in [2.45, 2.75) is 44.9 Å². The molecule has 1 aromatic rings. The third-order valence-corrected chi connectivity index (χ3v) is 7.06. The molecule has 182 valence electrons. The van der Waals surface area contributed by atoms with E-state index in [9.17, 15) is 8.42 Å². The summed E-state index contributed by atoms with van der Waals surface area (Å²) in [6.07, 6.45) is 12.1. The van der Waals surface area contributed by atoms with Gasteiger partial charge in [-0.2, -0.15) is 0 Å². The number of morpholine rings is 1. The van der Waals surface area contributed by atoms with Crippen LogP contribution < -0.4 is 10.6 Å². The minimum Gasteiger partial charge on any atom is -0.379 e. The fourth-order valence-corrected chi connectivity index (χ4v) is 4.81. The van der Waals surface area contributed by atoms with Gasteiger partial charge in [0.1, 0.15) is 0 Å².